The monoisotopic (exact) mass is 225 g/mol. The van der Waals surface area contributed by atoms with Gasteiger partial charge in [0.25, 0.3) is 0 Å². The van der Waals surface area contributed by atoms with Crippen LogP contribution in [0.15, 0.2) is 60.7 Å². The van der Waals surface area contributed by atoms with Gasteiger partial charge in [0.1, 0.15) is 0 Å². The first kappa shape index (κ1) is 11.9. The van der Waals surface area contributed by atoms with Crippen molar-refractivity contribution < 1.29 is 0 Å². The van der Waals surface area contributed by atoms with Crippen LogP contribution in [0, 0.1) is 0 Å². The first-order valence-electron chi connectivity index (χ1n) is 6.02. The van der Waals surface area contributed by atoms with Crippen LogP contribution in [-0.2, 0) is 6.42 Å². The number of rotatable bonds is 4. The fraction of sp³-hybridized carbons (Fsp3) is 0.250. The molecule has 2 aromatic carbocycles. The Morgan fingerprint density at radius 1 is 0.824 bits per heavy atom. The molecule has 17 heavy (non-hydrogen) atoms. The fourth-order valence-corrected chi connectivity index (χ4v) is 2.11. The van der Waals surface area contributed by atoms with E-state index in [0.717, 1.165) is 6.42 Å². The van der Waals surface area contributed by atoms with Crippen molar-refractivity contribution in [1.82, 2.24) is 4.90 Å². The second-order valence-electron chi connectivity index (χ2n) is 4.58. The van der Waals surface area contributed by atoms with Crippen LogP contribution in [0.1, 0.15) is 17.2 Å². The summed E-state index contributed by atoms with van der Waals surface area (Å²) in [5.74, 6) is 0. The topological polar surface area (TPSA) is 3.24 Å². The van der Waals surface area contributed by atoms with E-state index >= 15 is 0 Å². The summed E-state index contributed by atoms with van der Waals surface area (Å²) in [5, 5.41) is 0. The number of hydrogen-bond acceptors (Lipinski definition) is 1. The minimum atomic E-state index is 0.443. The third-order valence-corrected chi connectivity index (χ3v) is 3.08. The number of likely N-dealkylation sites (N-methyl/N-ethyl adjacent to an activating group) is 1. The number of benzene rings is 2. The smallest absolute Gasteiger partial charge is 0.0382 e. The molecule has 0 amide bonds. The summed E-state index contributed by atoms with van der Waals surface area (Å²) in [5.41, 5.74) is 2.76. The summed E-state index contributed by atoms with van der Waals surface area (Å²) in [7, 11) is 4.28. The zero-order valence-electron chi connectivity index (χ0n) is 10.5. The highest BCUT2D eigenvalue weighted by atomic mass is 15.1. The molecule has 0 aliphatic heterocycles. The molecule has 2 rings (SSSR count). The first-order chi connectivity index (χ1) is 8.27. The Morgan fingerprint density at radius 2 is 1.35 bits per heavy atom. The van der Waals surface area contributed by atoms with Crippen LogP contribution in [0.25, 0.3) is 0 Å². The van der Waals surface area contributed by atoms with Gasteiger partial charge in [0.2, 0.25) is 0 Å². The molecular weight excluding hydrogens is 206 g/mol. The second-order valence-corrected chi connectivity index (χ2v) is 4.58. The van der Waals surface area contributed by atoms with Crippen LogP contribution in [0.5, 0.6) is 0 Å². The van der Waals surface area contributed by atoms with Crippen molar-refractivity contribution in [2.24, 2.45) is 0 Å². The SMILES string of the molecule is CN(C)[C@H](Cc1ccccc1)c1ccccc1. The lowest BCUT2D eigenvalue weighted by atomic mass is 9.98. The Balaban J connectivity index is 2.20. The molecule has 0 fully saturated rings. The molecule has 0 aliphatic carbocycles. The van der Waals surface area contributed by atoms with E-state index in [-0.39, 0.29) is 0 Å². The predicted molar refractivity (Wildman–Crippen MR) is 73.0 cm³/mol. The molecule has 2 aromatic rings. The Kier molecular flexibility index (Phi) is 3.94. The number of nitrogens with zero attached hydrogens (tertiary/aromatic N) is 1. The minimum Gasteiger partial charge on any atom is -0.302 e. The third-order valence-electron chi connectivity index (χ3n) is 3.08. The lowest BCUT2D eigenvalue weighted by Crippen LogP contribution is -2.21. The Labute approximate surface area is 104 Å². The molecule has 0 saturated heterocycles. The van der Waals surface area contributed by atoms with Crippen LogP contribution < -0.4 is 0 Å². The normalized spacial score (nSPS) is 12.6. The third kappa shape index (κ3) is 3.18. The zero-order valence-corrected chi connectivity index (χ0v) is 10.5. The molecule has 0 saturated carbocycles. The molecule has 0 aromatic heterocycles. The minimum absolute atomic E-state index is 0.443. The quantitative estimate of drug-likeness (QED) is 0.769. The summed E-state index contributed by atoms with van der Waals surface area (Å²) in [6.45, 7) is 0. The van der Waals surface area contributed by atoms with Crippen molar-refractivity contribution in [3.05, 3.63) is 71.8 Å². The van der Waals surface area contributed by atoms with Crippen molar-refractivity contribution in [3.8, 4) is 0 Å². The lowest BCUT2D eigenvalue weighted by Gasteiger charge is -2.25. The molecule has 0 unspecified atom stereocenters. The maximum absolute atomic E-state index is 2.28. The van der Waals surface area contributed by atoms with Crippen LogP contribution >= 0.6 is 0 Å². The maximum atomic E-state index is 2.28. The summed E-state index contributed by atoms with van der Waals surface area (Å²) >= 11 is 0. The highest BCUT2D eigenvalue weighted by Gasteiger charge is 2.13. The van der Waals surface area contributed by atoms with Gasteiger partial charge in [0.15, 0.2) is 0 Å². The molecule has 0 bridgehead atoms. The number of hydrogen-bond donors (Lipinski definition) is 0. The molecule has 1 nitrogen and oxygen atoms in total. The molecule has 88 valence electrons. The molecule has 1 heteroatoms. The van der Waals surface area contributed by atoms with E-state index in [9.17, 15) is 0 Å². The molecule has 0 heterocycles. The largest absolute Gasteiger partial charge is 0.302 e. The van der Waals surface area contributed by atoms with Crippen LogP contribution in [0.3, 0.4) is 0 Å². The standard InChI is InChI=1S/C16H19N/c1-17(2)16(15-11-7-4-8-12-15)13-14-9-5-3-6-10-14/h3-12,16H,13H2,1-2H3/t16-/m1/s1. The van der Waals surface area contributed by atoms with Gasteiger partial charge in [-0.25, -0.2) is 0 Å². The van der Waals surface area contributed by atoms with Gasteiger partial charge in [-0.15, -0.1) is 0 Å². The predicted octanol–water partition coefficient (Wildman–Crippen LogP) is 3.53. The van der Waals surface area contributed by atoms with Crippen molar-refractivity contribution in [2.45, 2.75) is 12.5 Å². The van der Waals surface area contributed by atoms with Crippen molar-refractivity contribution >= 4 is 0 Å². The van der Waals surface area contributed by atoms with E-state index in [1.807, 2.05) is 0 Å². The summed E-state index contributed by atoms with van der Waals surface area (Å²) in [6.07, 6.45) is 1.05. The van der Waals surface area contributed by atoms with Gasteiger partial charge in [-0.05, 0) is 31.6 Å². The van der Waals surface area contributed by atoms with Gasteiger partial charge in [0, 0.05) is 6.04 Å². The van der Waals surface area contributed by atoms with Crippen LogP contribution in [0.2, 0.25) is 0 Å². The highest BCUT2D eigenvalue weighted by Crippen LogP contribution is 2.22. The van der Waals surface area contributed by atoms with E-state index in [1.54, 1.807) is 0 Å². The van der Waals surface area contributed by atoms with Crippen LogP contribution in [0.4, 0.5) is 0 Å². The highest BCUT2D eigenvalue weighted by molar-refractivity contribution is 5.23. The van der Waals surface area contributed by atoms with Gasteiger partial charge in [-0.2, -0.15) is 0 Å². The van der Waals surface area contributed by atoms with E-state index in [4.69, 9.17) is 0 Å². The average molecular weight is 225 g/mol. The van der Waals surface area contributed by atoms with Crippen molar-refractivity contribution in [3.63, 3.8) is 0 Å². The van der Waals surface area contributed by atoms with Gasteiger partial charge < -0.3 is 4.90 Å². The average Bonchev–Trinajstić information content (AvgIpc) is 2.38. The molecule has 0 radical (unpaired) electrons. The lowest BCUT2D eigenvalue weighted by molar-refractivity contribution is 0.297. The Hall–Kier alpha value is -1.60. The summed E-state index contributed by atoms with van der Waals surface area (Å²) in [6, 6.07) is 21.8. The molecule has 1 atom stereocenters. The van der Waals surface area contributed by atoms with Crippen molar-refractivity contribution in [1.29, 1.82) is 0 Å². The molecular formula is C16H19N. The van der Waals surface area contributed by atoms with E-state index in [1.165, 1.54) is 11.1 Å². The zero-order chi connectivity index (χ0) is 12.1. The molecule has 0 N–H and O–H groups in total. The Bertz CT molecular complexity index is 434. The first-order valence-corrected chi connectivity index (χ1v) is 6.02. The van der Waals surface area contributed by atoms with Gasteiger partial charge in [-0.3, -0.25) is 0 Å². The molecule has 0 aliphatic rings. The Morgan fingerprint density at radius 3 is 1.88 bits per heavy atom. The van der Waals surface area contributed by atoms with Gasteiger partial charge in [-0.1, -0.05) is 60.7 Å². The maximum Gasteiger partial charge on any atom is 0.0382 e. The van der Waals surface area contributed by atoms with Gasteiger partial charge >= 0.3 is 0 Å². The van der Waals surface area contributed by atoms with Crippen LogP contribution in [-0.4, -0.2) is 19.0 Å². The van der Waals surface area contributed by atoms with E-state index in [2.05, 4.69) is 79.7 Å². The summed E-state index contributed by atoms with van der Waals surface area (Å²) < 4.78 is 0. The van der Waals surface area contributed by atoms with Crippen molar-refractivity contribution in [2.75, 3.05) is 14.1 Å². The second kappa shape index (κ2) is 5.65. The van der Waals surface area contributed by atoms with E-state index in [0.29, 0.717) is 6.04 Å². The fourth-order valence-electron chi connectivity index (χ4n) is 2.11. The van der Waals surface area contributed by atoms with Gasteiger partial charge in [0.05, 0.1) is 0 Å². The molecule has 0 spiro atoms. The van der Waals surface area contributed by atoms with E-state index < -0.39 is 0 Å². The summed E-state index contributed by atoms with van der Waals surface area (Å²) in [4.78, 5) is 2.28.